The van der Waals surface area contributed by atoms with Crippen molar-refractivity contribution in [3.8, 4) is 41.2 Å². The summed E-state index contributed by atoms with van der Waals surface area (Å²) in [5, 5.41) is 15.2. The summed E-state index contributed by atoms with van der Waals surface area (Å²) in [5.74, 6) is 1.29. The Hall–Kier alpha value is -4.60. The number of aromatic hydroxyl groups is 1. The van der Waals surface area contributed by atoms with E-state index in [1.165, 1.54) is 24.3 Å². The van der Waals surface area contributed by atoms with E-state index in [2.05, 4.69) is 37.6 Å². The number of hydrogen-bond acceptors (Lipinski definition) is 9. The van der Waals surface area contributed by atoms with Gasteiger partial charge in [0, 0.05) is 49.1 Å². The summed E-state index contributed by atoms with van der Waals surface area (Å²) in [6.07, 6.45) is 7.59. The second-order valence-corrected chi connectivity index (χ2v) is 13.5. The number of terminal acetylenes is 1. The fraction of sp³-hybridized carbons (Fsp3) is 0.400. The number of fused-ring (bicyclic) bond motifs is 7. The molecule has 12 heteroatoms. The Labute approximate surface area is 268 Å². The molecule has 0 saturated carbocycles. The van der Waals surface area contributed by atoms with Crippen LogP contribution in [0.15, 0.2) is 36.4 Å². The molecule has 0 spiro atoms. The van der Waals surface area contributed by atoms with Crippen LogP contribution in [0.4, 0.5) is 19.0 Å². The number of phenolic OH excluding ortho intramolecular Hbond substituents is 1. The van der Waals surface area contributed by atoms with Gasteiger partial charge in [0.2, 0.25) is 5.88 Å². The van der Waals surface area contributed by atoms with Crippen LogP contribution in [-0.4, -0.2) is 87.6 Å². The number of hydrogen-bond donors (Lipinski definition) is 2. The standard InChI is InChI=1S/C35H31F3N6O3/c1-3-22-24(37)6-4-18-8-21(45)9-23(27(18)22)30-29(38)31-28-32(44-14-20-5-7-25(39-20)26(44)15-46-33(28)40-30)42-34(41-31)47-16-35-10-17(2)12-43(35)13-19(36)11-35/h1,4,6,8-9,19-20,25-26,39,45H,2,5,7,10-16H2/t19-,20-,25+,26-,35-/m1/s1. The molecule has 0 amide bonds. The molecular formula is C35H31F3N6O3. The van der Waals surface area contributed by atoms with Gasteiger partial charge >= 0.3 is 6.01 Å². The first kappa shape index (κ1) is 28.6. The van der Waals surface area contributed by atoms with E-state index in [4.69, 9.17) is 20.9 Å². The van der Waals surface area contributed by atoms with Crippen LogP contribution in [0, 0.1) is 24.0 Å². The SMILES string of the molecule is C#Cc1c(F)ccc2cc(O)cc(-c3nc4c5c(nc(OC[C@]67CC(=C)CN6C[C@H](F)C7)nc5c3F)N3C[C@H]5CC[C@H](N5)[C@H]3CO4)c12. The minimum atomic E-state index is -0.980. The molecule has 2 bridgehead atoms. The molecule has 9 rings (SSSR count). The van der Waals surface area contributed by atoms with E-state index in [1.54, 1.807) is 0 Å². The fourth-order valence-electron chi connectivity index (χ4n) is 8.56. The molecule has 240 valence electrons. The van der Waals surface area contributed by atoms with Gasteiger partial charge in [-0.2, -0.15) is 9.97 Å². The Balaban J connectivity index is 1.24. The van der Waals surface area contributed by atoms with Gasteiger partial charge in [-0.15, -0.1) is 6.42 Å². The molecular weight excluding hydrogens is 609 g/mol. The summed E-state index contributed by atoms with van der Waals surface area (Å²) in [6.45, 7) is 6.03. The van der Waals surface area contributed by atoms with E-state index in [1.807, 2.05) is 0 Å². The molecule has 4 saturated heterocycles. The largest absolute Gasteiger partial charge is 0.508 e. The average Bonchev–Trinajstić information content (AvgIpc) is 3.64. The number of aromatic nitrogens is 3. The maximum atomic E-state index is 17.0. The molecule has 9 nitrogen and oxygen atoms in total. The number of halogens is 3. The summed E-state index contributed by atoms with van der Waals surface area (Å²) in [4.78, 5) is 18.3. The maximum absolute atomic E-state index is 17.0. The number of phenols is 1. The molecule has 2 N–H and O–H groups in total. The Kier molecular flexibility index (Phi) is 6.21. The lowest BCUT2D eigenvalue weighted by molar-refractivity contribution is 0.107. The molecule has 0 radical (unpaired) electrons. The van der Waals surface area contributed by atoms with Crippen molar-refractivity contribution in [2.24, 2.45) is 0 Å². The highest BCUT2D eigenvalue weighted by Crippen LogP contribution is 2.46. The summed E-state index contributed by atoms with van der Waals surface area (Å²) in [7, 11) is 0. The zero-order valence-corrected chi connectivity index (χ0v) is 25.4. The summed E-state index contributed by atoms with van der Waals surface area (Å²) in [6, 6.07) is 5.62. The van der Waals surface area contributed by atoms with Crippen LogP contribution < -0.4 is 19.7 Å². The summed E-state index contributed by atoms with van der Waals surface area (Å²) < 4.78 is 59.2. The van der Waals surface area contributed by atoms with Gasteiger partial charge in [-0.05, 0) is 42.8 Å². The van der Waals surface area contributed by atoms with E-state index in [0.717, 1.165) is 18.4 Å². The normalized spacial score (nSPS) is 27.9. The Morgan fingerprint density at radius 2 is 2.04 bits per heavy atom. The van der Waals surface area contributed by atoms with Crippen LogP contribution in [0.3, 0.4) is 0 Å². The molecule has 7 heterocycles. The molecule has 5 atom stereocenters. The van der Waals surface area contributed by atoms with Crippen molar-refractivity contribution in [1.29, 1.82) is 0 Å². The molecule has 2 aromatic carbocycles. The topological polar surface area (TPSA) is 95.9 Å². The zero-order chi connectivity index (χ0) is 32.2. The van der Waals surface area contributed by atoms with Crippen LogP contribution in [0.25, 0.3) is 32.9 Å². The van der Waals surface area contributed by atoms with E-state index in [-0.39, 0.29) is 76.7 Å². The first-order chi connectivity index (χ1) is 22.7. The lowest BCUT2D eigenvalue weighted by atomic mass is 9.93. The third kappa shape index (κ3) is 4.29. The smallest absolute Gasteiger partial charge is 0.319 e. The highest BCUT2D eigenvalue weighted by atomic mass is 19.1. The first-order valence-electron chi connectivity index (χ1n) is 15.9. The van der Waals surface area contributed by atoms with Gasteiger partial charge in [0.15, 0.2) is 5.82 Å². The number of nitrogens with one attached hydrogen (secondary N) is 1. The second kappa shape index (κ2) is 10.2. The quantitative estimate of drug-likeness (QED) is 0.245. The Morgan fingerprint density at radius 1 is 1.17 bits per heavy atom. The van der Waals surface area contributed by atoms with Crippen molar-refractivity contribution in [2.75, 3.05) is 37.7 Å². The monoisotopic (exact) mass is 640 g/mol. The number of pyridine rings is 1. The van der Waals surface area contributed by atoms with Gasteiger partial charge in [0.25, 0.3) is 0 Å². The maximum Gasteiger partial charge on any atom is 0.319 e. The van der Waals surface area contributed by atoms with Crippen LogP contribution >= 0.6 is 0 Å². The zero-order valence-electron chi connectivity index (χ0n) is 25.4. The van der Waals surface area contributed by atoms with Crippen molar-refractivity contribution in [3.63, 3.8) is 0 Å². The fourth-order valence-corrected chi connectivity index (χ4v) is 8.56. The number of nitrogens with zero attached hydrogens (tertiary/aromatic N) is 5. The number of alkyl halides is 1. The Morgan fingerprint density at radius 3 is 2.89 bits per heavy atom. The van der Waals surface area contributed by atoms with Crippen molar-refractivity contribution in [1.82, 2.24) is 25.2 Å². The number of ether oxygens (including phenoxy) is 2. The second-order valence-electron chi connectivity index (χ2n) is 13.5. The number of piperazine rings is 1. The number of benzene rings is 2. The molecule has 5 aliphatic rings. The van der Waals surface area contributed by atoms with Crippen molar-refractivity contribution >= 4 is 27.5 Å². The molecule has 2 aromatic heterocycles. The van der Waals surface area contributed by atoms with Gasteiger partial charge in [-0.1, -0.05) is 24.1 Å². The van der Waals surface area contributed by atoms with Crippen LogP contribution in [0.1, 0.15) is 31.2 Å². The lowest BCUT2D eigenvalue weighted by Crippen LogP contribution is -2.60. The van der Waals surface area contributed by atoms with Gasteiger partial charge in [-0.25, -0.2) is 18.2 Å². The minimum Gasteiger partial charge on any atom is -0.508 e. The molecule has 4 fully saturated rings. The predicted molar refractivity (Wildman–Crippen MR) is 169 cm³/mol. The van der Waals surface area contributed by atoms with Crippen molar-refractivity contribution in [3.05, 3.63) is 53.6 Å². The minimum absolute atomic E-state index is 0.0497. The van der Waals surface area contributed by atoms with E-state index >= 15 is 4.39 Å². The third-order valence-electron chi connectivity index (χ3n) is 10.5. The van der Waals surface area contributed by atoms with Crippen molar-refractivity contribution < 1.29 is 27.8 Å². The van der Waals surface area contributed by atoms with E-state index in [0.29, 0.717) is 49.1 Å². The van der Waals surface area contributed by atoms with Crippen LogP contribution in [0.5, 0.6) is 17.6 Å². The van der Waals surface area contributed by atoms with Crippen LogP contribution in [-0.2, 0) is 0 Å². The molecule has 0 aliphatic carbocycles. The van der Waals surface area contributed by atoms with E-state index in [9.17, 15) is 13.9 Å². The van der Waals surface area contributed by atoms with Gasteiger partial charge in [-0.3, -0.25) is 4.90 Å². The lowest BCUT2D eigenvalue weighted by Gasteiger charge is -2.40. The van der Waals surface area contributed by atoms with Crippen molar-refractivity contribution in [2.45, 2.75) is 55.5 Å². The molecule has 47 heavy (non-hydrogen) atoms. The van der Waals surface area contributed by atoms with Gasteiger partial charge in [0.1, 0.15) is 53.4 Å². The highest BCUT2D eigenvalue weighted by Gasteiger charge is 2.51. The van der Waals surface area contributed by atoms with E-state index < -0.39 is 23.3 Å². The van der Waals surface area contributed by atoms with Gasteiger partial charge < -0.3 is 24.8 Å². The van der Waals surface area contributed by atoms with Gasteiger partial charge in [0.05, 0.1) is 17.1 Å². The summed E-state index contributed by atoms with van der Waals surface area (Å²) in [5.41, 5.74) is 0.143. The van der Waals surface area contributed by atoms with Crippen LogP contribution in [0.2, 0.25) is 0 Å². The third-order valence-corrected chi connectivity index (χ3v) is 10.5. The number of rotatable bonds is 4. The highest BCUT2D eigenvalue weighted by molar-refractivity contribution is 6.04. The molecule has 5 aliphatic heterocycles. The molecule has 4 aromatic rings. The first-order valence-corrected chi connectivity index (χ1v) is 15.9. The average molecular weight is 641 g/mol. The Bertz CT molecular complexity index is 2070. The summed E-state index contributed by atoms with van der Waals surface area (Å²) >= 11 is 0. The number of anilines is 1. The molecule has 0 unspecified atom stereocenters. The predicted octanol–water partition coefficient (Wildman–Crippen LogP) is 4.63.